The number of sulfonamides is 1. The predicted molar refractivity (Wildman–Crippen MR) is 88.0 cm³/mol. The number of hydrogen-bond donors (Lipinski definition) is 2. The van der Waals surface area contributed by atoms with Crippen molar-refractivity contribution in [2.75, 3.05) is 16.6 Å². The Morgan fingerprint density at radius 2 is 1.96 bits per heavy atom. The average Bonchev–Trinajstić information content (AvgIpc) is 2.46. The molecule has 23 heavy (non-hydrogen) atoms. The molecule has 3 rings (SSSR count). The minimum Gasteiger partial charge on any atom is -0.479 e. The van der Waals surface area contributed by atoms with Gasteiger partial charge >= 0.3 is 0 Å². The van der Waals surface area contributed by atoms with E-state index in [0.717, 1.165) is 5.56 Å². The smallest absolute Gasteiger partial charge is 0.262 e. The molecule has 2 aromatic rings. The quantitative estimate of drug-likeness (QED) is 0.899. The van der Waals surface area contributed by atoms with Gasteiger partial charge in [0.05, 0.1) is 17.1 Å². The molecule has 1 aliphatic rings. The summed E-state index contributed by atoms with van der Waals surface area (Å²) in [6.07, 6.45) is 0. The molecule has 120 valence electrons. The lowest BCUT2D eigenvalue weighted by atomic mass is 10.1. The highest BCUT2D eigenvalue weighted by Gasteiger charge is 2.22. The van der Waals surface area contributed by atoms with Crippen LogP contribution < -0.4 is 14.8 Å². The van der Waals surface area contributed by atoms with Crippen molar-refractivity contribution < 1.29 is 17.9 Å². The number of fused-ring (bicyclic) bond motifs is 1. The van der Waals surface area contributed by atoms with Gasteiger partial charge in [0, 0.05) is 0 Å². The summed E-state index contributed by atoms with van der Waals surface area (Å²) in [6.45, 7) is 1.68. The van der Waals surface area contributed by atoms with E-state index in [9.17, 15) is 13.2 Å². The molecule has 2 N–H and O–H groups in total. The molecule has 1 aliphatic heterocycles. The molecule has 0 saturated carbocycles. The van der Waals surface area contributed by atoms with Gasteiger partial charge < -0.3 is 10.1 Å². The fraction of sp³-hybridized carbons (Fsp3) is 0.188. The van der Waals surface area contributed by atoms with Crippen molar-refractivity contribution in [1.29, 1.82) is 0 Å². The monoisotopic (exact) mass is 332 g/mol. The van der Waals surface area contributed by atoms with Gasteiger partial charge in [-0.1, -0.05) is 30.3 Å². The Morgan fingerprint density at radius 1 is 1.22 bits per heavy atom. The predicted octanol–water partition coefficient (Wildman–Crippen LogP) is 2.27. The van der Waals surface area contributed by atoms with Crippen LogP contribution in [0.4, 0.5) is 11.4 Å². The number of benzene rings is 2. The first-order valence-corrected chi connectivity index (χ1v) is 8.70. The molecule has 0 aromatic heterocycles. The third-order valence-electron chi connectivity index (χ3n) is 3.32. The second-order valence-electron chi connectivity index (χ2n) is 5.37. The van der Waals surface area contributed by atoms with E-state index < -0.39 is 10.0 Å². The Morgan fingerprint density at radius 3 is 2.70 bits per heavy atom. The molecule has 0 radical (unpaired) electrons. The maximum atomic E-state index is 12.4. The summed E-state index contributed by atoms with van der Waals surface area (Å²) in [4.78, 5) is 11.4. The summed E-state index contributed by atoms with van der Waals surface area (Å²) in [5, 5.41) is 2.68. The molecule has 6 nitrogen and oxygen atoms in total. The highest BCUT2D eigenvalue weighted by atomic mass is 32.2. The van der Waals surface area contributed by atoms with Crippen LogP contribution in [0.25, 0.3) is 0 Å². The van der Waals surface area contributed by atoms with Crippen molar-refractivity contribution in [1.82, 2.24) is 0 Å². The van der Waals surface area contributed by atoms with E-state index in [1.807, 2.05) is 13.0 Å². The van der Waals surface area contributed by atoms with Crippen LogP contribution in [-0.4, -0.2) is 20.9 Å². The zero-order chi connectivity index (χ0) is 16.4. The molecule has 7 heteroatoms. The van der Waals surface area contributed by atoms with E-state index in [1.165, 1.54) is 0 Å². The van der Waals surface area contributed by atoms with Crippen molar-refractivity contribution >= 4 is 27.3 Å². The van der Waals surface area contributed by atoms with Crippen LogP contribution in [0.5, 0.6) is 5.75 Å². The van der Waals surface area contributed by atoms with Gasteiger partial charge in [0.2, 0.25) is 10.0 Å². The molecule has 0 atom stereocenters. The van der Waals surface area contributed by atoms with E-state index in [4.69, 9.17) is 4.74 Å². The van der Waals surface area contributed by atoms with Crippen LogP contribution in [0.3, 0.4) is 0 Å². The average molecular weight is 332 g/mol. The number of rotatable bonds is 4. The van der Waals surface area contributed by atoms with Crippen molar-refractivity contribution in [2.45, 2.75) is 12.7 Å². The highest BCUT2D eigenvalue weighted by molar-refractivity contribution is 7.91. The molecule has 0 aliphatic carbocycles. The summed E-state index contributed by atoms with van der Waals surface area (Å²) in [6, 6.07) is 12.3. The van der Waals surface area contributed by atoms with Crippen molar-refractivity contribution in [3.05, 3.63) is 53.6 Å². The van der Waals surface area contributed by atoms with Gasteiger partial charge in [-0.3, -0.25) is 9.52 Å². The van der Waals surface area contributed by atoms with E-state index in [0.29, 0.717) is 22.7 Å². The summed E-state index contributed by atoms with van der Waals surface area (Å²) in [5.41, 5.74) is 2.30. The number of amides is 1. The molecular formula is C16H16N2O4S. The Labute approximate surface area is 134 Å². The van der Waals surface area contributed by atoms with Gasteiger partial charge in [-0.2, -0.15) is 0 Å². The molecule has 1 amide bonds. The van der Waals surface area contributed by atoms with Gasteiger partial charge in [-0.15, -0.1) is 0 Å². The minimum atomic E-state index is -3.59. The number of carbonyl (C=O) groups excluding carboxylic acids is 1. The van der Waals surface area contributed by atoms with E-state index in [1.54, 1.807) is 36.4 Å². The van der Waals surface area contributed by atoms with Crippen LogP contribution in [0.15, 0.2) is 42.5 Å². The normalized spacial score (nSPS) is 13.7. The summed E-state index contributed by atoms with van der Waals surface area (Å²) in [7, 11) is -3.59. The van der Waals surface area contributed by atoms with Crippen LogP contribution in [-0.2, 0) is 20.6 Å². The van der Waals surface area contributed by atoms with E-state index in [-0.39, 0.29) is 18.3 Å². The minimum absolute atomic E-state index is 0.135. The number of hydrogen-bond acceptors (Lipinski definition) is 4. The first-order chi connectivity index (χ1) is 10.9. The lowest BCUT2D eigenvalue weighted by molar-refractivity contribution is -0.118. The molecule has 0 fully saturated rings. The van der Waals surface area contributed by atoms with Crippen molar-refractivity contribution in [3.63, 3.8) is 0 Å². The third-order valence-corrected chi connectivity index (χ3v) is 4.56. The summed E-state index contributed by atoms with van der Waals surface area (Å²) >= 11 is 0. The van der Waals surface area contributed by atoms with Crippen molar-refractivity contribution in [3.8, 4) is 5.75 Å². The topological polar surface area (TPSA) is 84.5 Å². The van der Waals surface area contributed by atoms with Crippen LogP contribution in [0.1, 0.15) is 11.1 Å². The summed E-state index contributed by atoms with van der Waals surface area (Å²) in [5.74, 6) is -0.0591. The standard InChI is InChI=1S/C16H16N2O4S/c1-11-7-13-16(22-9-15(19)17-13)14(8-11)18-23(20,21)10-12-5-3-2-4-6-12/h2-8,18H,9-10H2,1H3,(H,17,19). The lowest BCUT2D eigenvalue weighted by Crippen LogP contribution is -2.26. The SMILES string of the molecule is Cc1cc2c(c(NS(=O)(=O)Cc3ccccc3)c1)OCC(=O)N2. The molecule has 0 spiro atoms. The Bertz CT molecular complexity index is 848. The Kier molecular flexibility index (Phi) is 3.96. The third kappa shape index (κ3) is 3.62. The molecule has 1 heterocycles. The molecular weight excluding hydrogens is 316 g/mol. The number of aryl methyl sites for hydroxylation is 1. The fourth-order valence-corrected chi connectivity index (χ4v) is 3.61. The lowest BCUT2D eigenvalue weighted by Gasteiger charge is -2.22. The molecule has 0 unspecified atom stereocenters. The maximum absolute atomic E-state index is 12.4. The largest absolute Gasteiger partial charge is 0.479 e. The van der Waals surface area contributed by atoms with Gasteiger partial charge in [-0.05, 0) is 30.2 Å². The second-order valence-corrected chi connectivity index (χ2v) is 7.10. The second kappa shape index (κ2) is 5.92. The number of anilines is 2. The fourth-order valence-electron chi connectivity index (χ4n) is 2.42. The maximum Gasteiger partial charge on any atom is 0.262 e. The van der Waals surface area contributed by atoms with Gasteiger partial charge in [0.1, 0.15) is 0 Å². The Hall–Kier alpha value is -2.54. The number of carbonyl (C=O) groups is 1. The van der Waals surface area contributed by atoms with Gasteiger partial charge in [-0.25, -0.2) is 8.42 Å². The highest BCUT2D eigenvalue weighted by Crippen LogP contribution is 2.37. The van der Waals surface area contributed by atoms with Gasteiger partial charge in [0.15, 0.2) is 12.4 Å². The van der Waals surface area contributed by atoms with Crippen LogP contribution in [0.2, 0.25) is 0 Å². The Balaban J connectivity index is 1.89. The van der Waals surface area contributed by atoms with Crippen molar-refractivity contribution in [2.24, 2.45) is 0 Å². The van der Waals surface area contributed by atoms with E-state index >= 15 is 0 Å². The molecule has 2 aromatic carbocycles. The van der Waals surface area contributed by atoms with Crippen LogP contribution >= 0.6 is 0 Å². The zero-order valence-electron chi connectivity index (χ0n) is 12.5. The molecule has 0 saturated heterocycles. The number of nitrogens with one attached hydrogen (secondary N) is 2. The van der Waals surface area contributed by atoms with Gasteiger partial charge in [0.25, 0.3) is 5.91 Å². The number of ether oxygens (including phenoxy) is 1. The zero-order valence-corrected chi connectivity index (χ0v) is 13.3. The first kappa shape index (κ1) is 15.4. The first-order valence-electron chi connectivity index (χ1n) is 7.05. The summed E-state index contributed by atoms with van der Waals surface area (Å²) < 4.78 is 32.7. The van der Waals surface area contributed by atoms with Crippen LogP contribution in [0, 0.1) is 6.92 Å². The molecule has 0 bridgehead atoms. The van der Waals surface area contributed by atoms with E-state index in [2.05, 4.69) is 10.0 Å².